The fourth-order valence-corrected chi connectivity index (χ4v) is 5.04. The number of amides is 2. The summed E-state index contributed by atoms with van der Waals surface area (Å²) >= 11 is 1.58. The van der Waals surface area contributed by atoms with E-state index >= 15 is 0 Å². The van der Waals surface area contributed by atoms with E-state index in [0.717, 1.165) is 10.4 Å². The Labute approximate surface area is 145 Å². The molecule has 0 unspecified atom stereocenters. The highest BCUT2D eigenvalue weighted by molar-refractivity contribution is 7.91. The maximum Gasteiger partial charge on any atom is 0.318 e. The minimum atomic E-state index is -3.17. The fraction of sp³-hybridized carbons (Fsp3) is 0.467. The number of aromatic nitrogens is 2. The van der Waals surface area contributed by atoms with Gasteiger partial charge < -0.3 is 10.2 Å². The molecule has 3 rings (SSSR count). The Morgan fingerprint density at radius 2 is 2.29 bits per heavy atom. The van der Waals surface area contributed by atoms with Crippen molar-refractivity contribution in [1.29, 1.82) is 0 Å². The molecule has 130 valence electrons. The summed E-state index contributed by atoms with van der Waals surface area (Å²) in [7, 11) is -1.40. The number of carbonyl (C=O) groups excluding carboxylic acids is 1. The van der Waals surface area contributed by atoms with Gasteiger partial charge in [-0.15, -0.1) is 11.3 Å². The summed E-state index contributed by atoms with van der Waals surface area (Å²) in [5.74, 6) is -0.0793. The number of nitrogens with one attached hydrogen (secondary N) is 1. The van der Waals surface area contributed by atoms with Crippen LogP contribution in [0.15, 0.2) is 29.9 Å². The molecule has 1 saturated heterocycles. The van der Waals surface area contributed by atoms with Crippen molar-refractivity contribution in [3.05, 3.63) is 40.3 Å². The second-order valence-electron chi connectivity index (χ2n) is 5.96. The van der Waals surface area contributed by atoms with E-state index in [0.29, 0.717) is 0 Å². The van der Waals surface area contributed by atoms with Gasteiger partial charge in [-0.2, -0.15) is 5.10 Å². The Bertz CT molecular complexity index is 814. The maximum absolute atomic E-state index is 12.7. The van der Waals surface area contributed by atoms with Crippen LogP contribution in [0, 0.1) is 0 Å². The molecule has 0 spiro atoms. The van der Waals surface area contributed by atoms with Crippen LogP contribution in [-0.4, -0.2) is 47.2 Å². The molecular weight excluding hydrogens is 348 g/mol. The van der Waals surface area contributed by atoms with Crippen LogP contribution in [0.5, 0.6) is 0 Å². The molecule has 2 atom stereocenters. The highest BCUT2D eigenvalue weighted by Crippen LogP contribution is 2.27. The van der Waals surface area contributed by atoms with E-state index in [2.05, 4.69) is 10.4 Å². The van der Waals surface area contributed by atoms with Gasteiger partial charge in [-0.1, -0.05) is 6.07 Å². The van der Waals surface area contributed by atoms with E-state index in [-0.39, 0.29) is 30.1 Å². The molecule has 1 aliphatic rings. The molecule has 0 bridgehead atoms. The quantitative estimate of drug-likeness (QED) is 0.894. The van der Waals surface area contributed by atoms with Gasteiger partial charge in [-0.25, -0.2) is 13.2 Å². The number of hydrogen-bond acceptors (Lipinski definition) is 5. The number of sulfone groups is 1. The molecule has 0 aliphatic carbocycles. The maximum atomic E-state index is 12.7. The molecule has 24 heavy (non-hydrogen) atoms. The Hall–Kier alpha value is -1.87. The van der Waals surface area contributed by atoms with Gasteiger partial charge in [-0.05, 0) is 18.4 Å². The second kappa shape index (κ2) is 6.56. The van der Waals surface area contributed by atoms with E-state index in [1.807, 2.05) is 24.4 Å². The zero-order chi connectivity index (χ0) is 17.3. The molecule has 7 nitrogen and oxygen atoms in total. The third-order valence-corrected chi connectivity index (χ3v) is 6.79. The van der Waals surface area contributed by atoms with Crippen LogP contribution >= 0.6 is 11.3 Å². The van der Waals surface area contributed by atoms with Gasteiger partial charge in [0.05, 0.1) is 29.8 Å². The Balaban J connectivity index is 1.80. The summed E-state index contributed by atoms with van der Waals surface area (Å²) in [6.07, 6.45) is 3.38. The van der Waals surface area contributed by atoms with Gasteiger partial charge in [0.2, 0.25) is 0 Å². The summed E-state index contributed by atoms with van der Waals surface area (Å²) in [6.45, 7) is 2.11. The zero-order valence-corrected chi connectivity index (χ0v) is 15.2. The van der Waals surface area contributed by atoms with Crippen LogP contribution in [0.1, 0.15) is 29.4 Å². The summed E-state index contributed by atoms with van der Waals surface area (Å²) in [4.78, 5) is 15.4. The molecule has 2 amide bonds. The SMILES string of the molecule is C[C@@H](NC(=O)N1CCS(=O)(=O)C[C@@H]1c1cnn(C)c1)c1cccs1. The predicted octanol–water partition coefficient (Wildman–Crippen LogP) is 1.72. The molecule has 1 fully saturated rings. The average molecular weight is 368 g/mol. The minimum Gasteiger partial charge on any atom is -0.331 e. The standard InChI is InChI=1S/C15H20N4O3S2/c1-11(14-4-3-6-23-14)17-15(20)19-5-7-24(21,22)10-13(19)12-8-16-18(2)9-12/h3-4,6,8-9,11,13H,5,7,10H2,1-2H3,(H,17,20)/t11-,13-/m1/s1. The number of carbonyl (C=O) groups is 1. The summed E-state index contributed by atoms with van der Waals surface area (Å²) in [5, 5.41) is 9.02. The predicted molar refractivity (Wildman–Crippen MR) is 92.6 cm³/mol. The van der Waals surface area contributed by atoms with Crippen molar-refractivity contribution >= 4 is 27.2 Å². The number of nitrogens with zero attached hydrogens (tertiary/aromatic N) is 3. The first-order valence-electron chi connectivity index (χ1n) is 7.65. The molecule has 0 radical (unpaired) electrons. The van der Waals surface area contributed by atoms with E-state index in [4.69, 9.17) is 0 Å². The molecule has 0 aromatic carbocycles. The van der Waals surface area contributed by atoms with E-state index in [1.165, 1.54) is 0 Å². The van der Waals surface area contributed by atoms with Crippen LogP contribution < -0.4 is 5.32 Å². The van der Waals surface area contributed by atoms with Crippen molar-refractivity contribution in [3.8, 4) is 0 Å². The number of rotatable bonds is 3. The number of aryl methyl sites for hydroxylation is 1. The third kappa shape index (κ3) is 3.62. The molecular formula is C15H20N4O3S2. The van der Waals surface area contributed by atoms with Crippen LogP contribution in [0.25, 0.3) is 0 Å². The van der Waals surface area contributed by atoms with Crippen molar-refractivity contribution < 1.29 is 13.2 Å². The minimum absolute atomic E-state index is 0.00936. The van der Waals surface area contributed by atoms with Crippen molar-refractivity contribution in [2.24, 2.45) is 7.05 Å². The molecule has 9 heteroatoms. The number of urea groups is 1. The number of hydrogen-bond donors (Lipinski definition) is 1. The smallest absolute Gasteiger partial charge is 0.318 e. The average Bonchev–Trinajstić information content (AvgIpc) is 3.17. The van der Waals surface area contributed by atoms with Crippen molar-refractivity contribution in [3.63, 3.8) is 0 Å². The first-order valence-corrected chi connectivity index (χ1v) is 10.4. The zero-order valence-electron chi connectivity index (χ0n) is 13.5. The first-order chi connectivity index (χ1) is 11.4. The fourth-order valence-electron chi connectivity index (χ4n) is 2.82. The second-order valence-corrected chi connectivity index (χ2v) is 9.17. The van der Waals surface area contributed by atoms with Gasteiger partial charge in [0.25, 0.3) is 0 Å². The number of thiophene rings is 1. The highest BCUT2D eigenvalue weighted by Gasteiger charge is 2.36. The topological polar surface area (TPSA) is 84.3 Å². The largest absolute Gasteiger partial charge is 0.331 e. The molecule has 2 aromatic rings. The first kappa shape index (κ1) is 17.0. The summed E-state index contributed by atoms with van der Waals surface area (Å²) in [6, 6.07) is 3.03. The van der Waals surface area contributed by atoms with Crippen molar-refractivity contribution in [2.45, 2.75) is 19.0 Å². The highest BCUT2D eigenvalue weighted by atomic mass is 32.2. The monoisotopic (exact) mass is 368 g/mol. The molecule has 1 N–H and O–H groups in total. The van der Waals surface area contributed by atoms with E-state index < -0.39 is 15.9 Å². The lowest BCUT2D eigenvalue weighted by molar-refractivity contribution is 0.178. The van der Waals surface area contributed by atoms with Crippen LogP contribution in [0.3, 0.4) is 0 Å². The van der Waals surface area contributed by atoms with Crippen LogP contribution in [0.4, 0.5) is 4.79 Å². The normalized spacial score (nSPS) is 21.4. The Kier molecular flexibility index (Phi) is 4.64. The van der Waals surface area contributed by atoms with Gasteiger partial charge in [0.1, 0.15) is 0 Å². The molecule has 3 heterocycles. The summed E-state index contributed by atoms with van der Waals surface area (Å²) in [5.41, 5.74) is 0.736. The Morgan fingerprint density at radius 3 is 2.92 bits per heavy atom. The van der Waals surface area contributed by atoms with Gasteiger partial charge in [0.15, 0.2) is 9.84 Å². The lowest BCUT2D eigenvalue weighted by atomic mass is 10.1. The third-order valence-electron chi connectivity index (χ3n) is 4.11. The molecule has 1 aliphatic heterocycles. The molecule has 0 saturated carbocycles. The van der Waals surface area contributed by atoms with Gasteiger partial charge in [-0.3, -0.25) is 4.68 Å². The summed E-state index contributed by atoms with van der Waals surface area (Å²) < 4.78 is 25.7. The van der Waals surface area contributed by atoms with Crippen molar-refractivity contribution in [2.75, 3.05) is 18.1 Å². The van der Waals surface area contributed by atoms with Gasteiger partial charge >= 0.3 is 6.03 Å². The Morgan fingerprint density at radius 1 is 1.50 bits per heavy atom. The van der Waals surface area contributed by atoms with Gasteiger partial charge in [0, 0.05) is 30.2 Å². The van der Waals surface area contributed by atoms with E-state index in [1.54, 1.807) is 40.4 Å². The van der Waals surface area contributed by atoms with Crippen molar-refractivity contribution in [1.82, 2.24) is 20.0 Å². The molecule has 2 aromatic heterocycles. The lowest BCUT2D eigenvalue weighted by Crippen LogP contribution is -2.50. The van der Waals surface area contributed by atoms with Crippen LogP contribution in [-0.2, 0) is 16.9 Å². The van der Waals surface area contributed by atoms with E-state index in [9.17, 15) is 13.2 Å². The van der Waals surface area contributed by atoms with Crippen LogP contribution in [0.2, 0.25) is 0 Å². The lowest BCUT2D eigenvalue weighted by Gasteiger charge is -2.35.